The van der Waals surface area contributed by atoms with Gasteiger partial charge in [-0.15, -0.1) is 0 Å². The minimum absolute atomic E-state index is 0.115. The molecule has 2 fully saturated rings. The number of halogens is 1. The fourth-order valence-electron chi connectivity index (χ4n) is 3.83. The maximum absolute atomic E-state index is 15.2. The quantitative estimate of drug-likeness (QED) is 0.438. The Labute approximate surface area is 195 Å². The van der Waals surface area contributed by atoms with E-state index in [9.17, 15) is 23.3 Å². The highest BCUT2D eigenvalue weighted by atomic mass is 32.2. The number of nitro groups is 1. The van der Waals surface area contributed by atoms with Gasteiger partial charge in [-0.2, -0.15) is 0 Å². The topological polar surface area (TPSA) is 128 Å². The molecule has 4 rings (SSSR count). The average Bonchev–Trinajstić information content (AvgIpc) is 2.78. The molecule has 182 valence electrons. The summed E-state index contributed by atoms with van der Waals surface area (Å²) in [7, 11) is -4.39. The van der Waals surface area contributed by atoms with Crippen LogP contribution in [0.15, 0.2) is 53.4 Å². The Morgan fingerprint density at radius 1 is 1.21 bits per heavy atom. The summed E-state index contributed by atoms with van der Waals surface area (Å²) in [6.07, 6.45) is 0.435. The highest BCUT2D eigenvalue weighted by Crippen LogP contribution is 2.34. The Morgan fingerprint density at radius 2 is 1.88 bits per heavy atom. The molecule has 2 aromatic rings. The molecule has 0 bridgehead atoms. The summed E-state index contributed by atoms with van der Waals surface area (Å²) in [4.78, 5) is 24.7. The molecule has 1 amide bonds. The molecular formula is C22H24FN3O7S. The summed E-state index contributed by atoms with van der Waals surface area (Å²) in [5.41, 5.74) is -2.17. The van der Waals surface area contributed by atoms with Gasteiger partial charge in [-0.25, -0.2) is 17.5 Å². The lowest BCUT2D eigenvalue weighted by Gasteiger charge is -2.43. The Morgan fingerprint density at radius 3 is 2.47 bits per heavy atom. The zero-order chi connectivity index (χ0) is 24.3. The average molecular weight is 494 g/mol. The summed E-state index contributed by atoms with van der Waals surface area (Å²) in [6, 6.07) is 11.0. The number of hydrogen-bond donors (Lipinski definition) is 1. The number of amides is 1. The molecule has 0 unspecified atom stereocenters. The summed E-state index contributed by atoms with van der Waals surface area (Å²) in [6.45, 7) is 1.97. The number of sulfonamides is 1. The van der Waals surface area contributed by atoms with Crippen LogP contribution in [0.1, 0.15) is 23.2 Å². The van der Waals surface area contributed by atoms with Crippen molar-refractivity contribution in [2.24, 2.45) is 0 Å². The molecule has 2 saturated heterocycles. The number of hydrogen-bond acceptors (Lipinski definition) is 8. The molecular weight excluding hydrogens is 469 g/mol. The van der Waals surface area contributed by atoms with E-state index in [1.165, 1.54) is 12.1 Å². The molecule has 0 spiro atoms. The first-order valence-electron chi connectivity index (χ1n) is 10.7. The first kappa shape index (κ1) is 24.0. The van der Waals surface area contributed by atoms with Crippen molar-refractivity contribution in [1.82, 2.24) is 9.62 Å². The molecule has 12 heteroatoms. The lowest BCUT2D eigenvalue weighted by atomic mass is 9.93. The third kappa shape index (κ3) is 5.34. The van der Waals surface area contributed by atoms with Crippen molar-refractivity contribution in [2.45, 2.75) is 29.4 Å². The second kappa shape index (κ2) is 9.65. The van der Waals surface area contributed by atoms with Gasteiger partial charge in [0, 0.05) is 24.7 Å². The fraction of sp³-hybridized carbons (Fsp3) is 0.409. The minimum Gasteiger partial charge on any atom is -0.483 e. The number of ether oxygens (including phenoxy) is 2. The Hall–Kier alpha value is -3.09. The number of alkyl halides is 1. The van der Waals surface area contributed by atoms with Gasteiger partial charge in [-0.1, -0.05) is 18.2 Å². The van der Waals surface area contributed by atoms with Gasteiger partial charge in [0.2, 0.25) is 0 Å². The maximum Gasteiger partial charge on any atom is 0.312 e. The fourth-order valence-corrected chi connectivity index (χ4v) is 4.83. The van der Waals surface area contributed by atoms with E-state index in [1.807, 2.05) is 4.72 Å². The SMILES string of the molecule is O=C(NS(=O)(=O)c1ccc(OCC2(F)CCN(C3COC3)CC2)c([N+](=O)[O-])c1)c1ccccc1. The number of carbonyl (C=O) groups is 1. The third-order valence-corrected chi connectivity index (χ3v) is 7.35. The molecule has 2 aliphatic heterocycles. The molecule has 0 saturated carbocycles. The van der Waals surface area contributed by atoms with E-state index in [-0.39, 0.29) is 30.8 Å². The van der Waals surface area contributed by atoms with Crippen LogP contribution in [-0.4, -0.2) is 68.8 Å². The minimum atomic E-state index is -4.39. The molecule has 1 N–H and O–H groups in total. The number of carbonyl (C=O) groups excluding carboxylic acids is 1. The Bertz CT molecular complexity index is 1160. The van der Waals surface area contributed by atoms with Crippen molar-refractivity contribution in [3.8, 4) is 5.75 Å². The van der Waals surface area contributed by atoms with Gasteiger partial charge in [0.25, 0.3) is 15.9 Å². The van der Waals surface area contributed by atoms with Crippen LogP contribution in [0.2, 0.25) is 0 Å². The van der Waals surface area contributed by atoms with Gasteiger partial charge in [-0.3, -0.25) is 19.8 Å². The van der Waals surface area contributed by atoms with E-state index in [2.05, 4.69) is 4.90 Å². The van der Waals surface area contributed by atoms with Crippen molar-refractivity contribution >= 4 is 21.6 Å². The second-order valence-electron chi connectivity index (χ2n) is 8.35. The van der Waals surface area contributed by atoms with Crippen molar-refractivity contribution in [1.29, 1.82) is 0 Å². The van der Waals surface area contributed by atoms with Gasteiger partial charge in [0.05, 0.1) is 29.1 Å². The summed E-state index contributed by atoms with van der Waals surface area (Å²) < 4.78 is 52.9. The monoisotopic (exact) mass is 493 g/mol. The van der Waals surface area contributed by atoms with Crippen molar-refractivity contribution in [3.05, 3.63) is 64.2 Å². The molecule has 10 nitrogen and oxygen atoms in total. The molecule has 0 aromatic heterocycles. The Kier molecular flexibility index (Phi) is 6.82. The Balaban J connectivity index is 1.44. The molecule has 0 atom stereocenters. The first-order valence-corrected chi connectivity index (χ1v) is 12.2. The second-order valence-corrected chi connectivity index (χ2v) is 10.0. The van der Waals surface area contributed by atoms with Crippen LogP contribution in [0.3, 0.4) is 0 Å². The normalized spacial score (nSPS) is 18.6. The highest BCUT2D eigenvalue weighted by Gasteiger charge is 2.39. The molecule has 0 radical (unpaired) electrons. The smallest absolute Gasteiger partial charge is 0.312 e. The third-order valence-electron chi connectivity index (χ3n) is 6.02. The largest absolute Gasteiger partial charge is 0.483 e. The predicted octanol–water partition coefficient (Wildman–Crippen LogP) is 2.30. The van der Waals surface area contributed by atoms with Gasteiger partial charge >= 0.3 is 5.69 Å². The molecule has 2 heterocycles. The number of benzene rings is 2. The van der Waals surface area contributed by atoms with Gasteiger partial charge < -0.3 is 9.47 Å². The first-order chi connectivity index (χ1) is 16.2. The summed E-state index contributed by atoms with van der Waals surface area (Å²) in [5.74, 6) is -1.12. The molecule has 2 aliphatic rings. The van der Waals surface area contributed by atoms with Crippen molar-refractivity contribution in [3.63, 3.8) is 0 Å². The molecule has 2 aromatic carbocycles. The van der Waals surface area contributed by atoms with E-state index in [0.717, 1.165) is 18.2 Å². The lowest BCUT2D eigenvalue weighted by molar-refractivity contribution is -0.386. The number of nitrogens with zero attached hydrogens (tertiary/aromatic N) is 2. The number of nitro benzene ring substituents is 1. The number of piperidine rings is 1. The van der Waals surface area contributed by atoms with Crippen LogP contribution < -0.4 is 9.46 Å². The van der Waals surface area contributed by atoms with Crippen LogP contribution in [0.25, 0.3) is 0 Å². The van der Waals surface area contributed by atoms with Crippen LogP contribution in [0, 0.1) is 10.1 Å². The number of likely N-dealkylation sites (tertiary alicyclic amines) is 1. The van der Waals surface area contributed by atoms with Gasteiger partial charge in [-0.05, 0) is 37.1 Å². The van der Waals surface area contributed by atoms with E-state index in [0.29, 0.717) is 32.3 Å². The standard InChI is InChI=1S/C22H24FN3O7S/c23-22(8-10-25(11-9-22)17-13-32-14-17)15-33-20-7-6-18(12-19(20)26(28)29)34(30,31)24-21(27)16-4-2-1-3-5-16/h1-7,12,17H,8-11,13-15H2,(H,24,27). The van der Waals surface area contributed by atoms with Crippen LogP contribution >= 0.6 is 0 Å². The van der Waals surface area contributed by atoms with Crippen LogP contribution in [0.5, 0.6) is 5.75 Å². The number of nitrogens with one attached hydrogen (secondary N) is 1. The van der Waals surface area contributed by atoms with Crippen molar-refractivity contribution in [2.75, 3.05) is 32.9 Å². The molecule has 0 aliphatic carbocycles. The predicted molar refractivity (Wildman–Crippen MR) is 119 cm³/mol. The van der Waals surface area contributed by atoms with E-state index < -0.39 is 37.1 Å². The van der Waals surface area contributed by atoms with E-state index in [4.69, 9.17) is 9.47 Å². The van der Waals surface area contributed by atoms with Gasteiger partial charge in [0.15, 0.2) is 5.75 Å². The van der Waals surface area contributed by atoms with Gasteiger partial charge in [0.1, 0.15) is 12.3 Å². The number of rotatable bonds is 8. The van der Waals surface area contributed by atoms with Crippen LogP contribution in [0.4, 0.5) is 10.1 Å². The lowest BCUT2D eigenvalue weighted by Crippen LogP contribution is -2.55. The zero-order valence-electron chi connectivity index (χ0n) is 18.2. The van der Waals surface area contributed by atoms with Crippen molar-refractivity contribution < 1.29 is 32.0 Å². The maximum atomic E-state index is 15.2. The van der Waals surface area contributed by atoms with Crippen LogP contribution in [-0.2, 0) is 14.8 Å². The summed E-state index contributed by atoms with van der Waals surface area (Å²) >= 11 is 0. The summed E-state index contributed by atoms with van der Waals surface area (Å²) in [5, 5.41) is 11.6. The van der Waals surface area contributed by atoms with E-state index >= 15 is 4.39 Å². The molecule has 34 heavy (non-hydrogen) atoms. The van der Waals surface area contributed by atoms with E-state index in [1.54, 1.807) is 18.2 Å². The highest BCUT2D eigenvalue weighted by molar-refractivity contribution is 7.90. The zero-order valence-corrected chi connectivity index (χ0v) is 19.0.